The maximum atomic E-state index is 12.6. The molecule has 3 saturated carbocycles. The number of carbonyl (C=O) groups is 3. The van der Waals surface area contributed by atoms with E-state index in [1.54, 1.807) is 0 Å². The second-order valence-corrected chi connectivity index (χ2v) is 20.9. The van der Waals surface area contributed by atoms with Gasteiger partial charge in [0.1, 0.15) is 37.1 Å². The van der Waals surface area contributed by atoms with Gasteiger partial charge in [-0.3, -0.25) is 14.4 Å². The van der Waals surface area contributed by atoms with Gasteiger partial charge < -0.3 is 58.7 Å². The second-order valence-electron chi connectivity index (χ2n) is 20.9. The topological polar surface area (TPSA) is 217 Å². The maximum Gasteiger partial charge on any atom is 0.303 e. The van der Waals surface area contributed by atoms with E-state index in [2.05, 4.69) is 61.5 Å². The van der Waals surface area contributed by atoms with Gasteiger partial charge in [0.2, 0.25) is 0 Å². The highest BCUT2D eigenvalue weighted by Crippen LogP contribution is 2.75. The molecular formula is C47H74O15. The highest BCUT2D eigenvalue weighted by Gasteiger charge is 2.72. The molecule has 0 aromatic rings. The van der Waals surface area contributed by atoms with Crippen LogP contribution in [0.5, 0.6) is 0 Å². The minimum absolute atomic E-state index is 0.0225. The fraction of sp³-hybridized carbons (Fsp3) is 0.851. The van der Waals surface area contributed by atoms with Crippen LogP contribution in [0.15, 0.2) is 23.3 Å². The average Bonchev–Trinajstić information content (AvgIpc) is 3.39. The van der Waals surface area contributed by atoms with Crippen molar-refractivity contribution in [1.82, 2.24) is 0 Å². The van der Waals surface area contributed by atoms with E-state index >= 15 is 0 Å². The lowest BCUT2D eigenvalue weighted by molar-refractivity contribution is -0.316. The first-order chi connectivity index (χ1) is 28.9. The van der Waals surface area contributed by atoms with Crippen molar-refractivity contribution in [3.05, 3.63) is 23.3 Å². The van der Waals surface area contributed by atoms with Crippen molar-refractivity contribution in [3.8, 4) is 0 Å². The summed E-state index contributed by atoms with van der Waals surface area (Å²) in [7, 11) is 0. The normalized spacial score (nSPS) is 45.3. The Morgan fingerprint density at radius 3 is 2.11 bits per heavy atom. The van der Waals surface area contributed by atoms with Crippen LogP contribution in [0.3, 0.4) is 0 Å². The van der Waals surface area contributed by atoms with Crippen LogP contribution >= 0.6 is 0 Å². The van der Waals surface area contributed by atoms with Crippen molar-refractivity contribution in [2.45, 2.75) is 195 Å². The molecule has 6 rings (SSSR count). The van der Waals surface area contributed by atoms with Crippen LogP contribution in [0, 0.1) is 45.3 Å². The Bertz CT molecular complexity index is 1710. The molecule has 0 aromatic carbocycles. The van der Waals surface area contributed by atoms with Crippen molar-refractivity contribution >= 4 is 17.9 Å². The lowest BCUT2D eigenvalue weighted by Crippen LogP contribution is -2.63. The van der Waals surface area contributed by atoms with Crippen LogP contribution < -0.4 is 0 Å². The predicted octanol–water partition coefficient (Wildman–Crippen LogP) is 4.28. The third kappa shape index (κ3) is 8.92. The molecule has 15 heteroatoms. The van der Waals surface area contributed by atoms with Gasteiger partial charge in [-0.25, -0.2) is 0 Å². The summed E-state index contributed by atoms with van der Waals surface area (Å²) >= 11 is 0. The first-order valence-corrected chi connectivity index (χ1v) is 22.7. The van der Waals surface area contributed by atoms with Crippen LogP contribution in [-0.2, 0) is 47.5 Å². The van der Waals surface area contributed by atoms with Crippen molar-refractivity contribution in [3.63, 3.8) is 0 Å². The molecule has 15 nitrogen and oxygen atoms in total. The van der Waals surface area contributed by atoms with E-state index in [0.29, 0.717) is 12.8 Å². The van der Waals surface area contributed by atoms with Gasteiger partial charge in [0.05, 0.1) is 24.9 Å². The molecule has 0 amide bonds. The molecule has 0 aromatic heterocycles. The van der Waals surface area contributed by atoms with Gasteiger partial charge in [-0.2, -0.15) is 0 Å². The predicted molar refractivity (Wildman–Crippen MR) is 223 cm³/mol. The molecule has 19 atom stereocenters. The van der Waals surface area contributed by atoms with Crippen molar-refractivity contribution in [2.75, 3.05) is 13.2 Å². The number of ether oxygens (including phenoxy) is 7. The number of hydrogen-bond donors (Lipinski definition) is 5. The summed E-state index contributed by atoms with van der Waals surface area (Å²) in [4.78, 5) is 35.5. The Morgan fingerprint density at radius 1 is 0.806 bits per heavy atom. The number of carbonyl (C=O) groups excluding carboxylic acids is 3. The summed E-state index contributed by atoms with van der Waals surface area (Å²) in [6, 6.07) is 0. The summed E-state index contributed by atoms with van der Waals surface area (Å²) in [6.07, 6.45) is -3.79. The maximum absolute atomic E-state index is 12.6. The zero-order valence-corrected chi connectivity index (χ0v) is 38.6. The number of allylic oxidation sites excluding steroid dienone is 2. The molecular weight excluding hydrogens is 805 g/mol. The third-order valence-corrected chi connectivity index (χ3v) is 16.3. The summed E-state index contributed by atoms with van der Waals surface area (Å²) in [6.45, 7) is 20.8. The summed E-state index contributed by atoms with van der Waals surface area (Å²) < 4.78 is 41.3. The van der Waals surface area contributed by atoms with Crippen LogP contribution in [0.4, 0.5) is 0 Å². The van der Waals surface area contributed by atoms with Gasteiger partial charge in [0.15, 0.2) is 24.8 Å². The largest absolute Gasteiger partial charge is 0.463 e. The molecule has 4 aliphatic carbocycles. The lowest BCUT2D eigenvalue weighted by atomic mass is 9.38. The molecule has 0 spiro atoms. The van der Waals surface area contributed by atoms with Crippen LogP contribution in [0.2, 0.25) is 0 Å². The fourth-order valence-electron chi connectivity index (χ4n) is 13.2. The van der Waals surface area contributed by atoms with E-state index in [0.717, 1.165) is 37.7 Å². The zero-order valence-electron chi connectivity index (χ0n) is 38.6. The van der Waals surface area contributed by atoms with Gasteiger partial charge in [0.25, 0.3) is 0 Å². The summed E-state index contributed by atoms with van der Waals surface area (Å²) in [5, 5.41) is 57.0. The van der Waals surface area contributed by atoms with Crippen LogP contribution in [0.25, 0.3) is 0 Å². The standard InChI is InChI=1S/C47H74O15/c1-23(2)13-12-14-24(3)35-31(60-43-38(54)37(53)36(52)32(61-43)21-56-25(4)48)20-47(11)41-30(51)19-29-28(45(41,9)17-18-46(35,47)10)15-16-34(44(29,7)8)62-42-39(55)40(59-27(6)50)33(22-57-42)58-26(5)49/h13,19,24,28,30-43,51-55H,12,14-18,20-22H2,1-11H3. The van der Waals surface area contributed by atoms with E-state index in [1.165, 1.54) is 26.3 Å². The molecule has 5 N–H and O–H groups in total. The van der Waals surface area contributed by atoms with E-state index in [-0.39, 0.29) is 47.7 Å². The first-order valence-electron chi connectivity index (χ1n) is 22.7. The fourth-order valence-corrected chi connectivity index (χ4v) is 13.2. The van der Waals surface area contributed by atoms with Crippen molar-refractivity contribution in [1.29, 1.82) is 0 Å². The molecule has 19 unspecified atom stereocenters. The Balaban J connectivity index is 1.29. The van der Waals surface area contributed by atoms with E-state index in [4.69, 9.17) is 33.2 Å². The van der Waals surface area contributed by atoms with Crippen LogP contribution in [-0.4, -0.2) is 130 Å². The Kier molecular flexibility index (Phi) is 14.6. The number of esters is 3. The Labute approximate surface area is 366 Å². The SMILES string of the molecule is CC(=O)OCC1OC(OC2CC3(C)C4C(O)C=C5C(CCC(OC6OCC(OC(C)=O)C(OC(C)=O)C6O)C5(C)C)C4(C)CCC3(C)C2C(C)CCC=C(C)C)C(O)C(O)C1O. The highest BCUT2D eigenvalue weighted by molar-refractivity contribution is 5.67. The van der Waals surface area contributed by atoms with Gasteiger partial charge in [-0.05, 0) is 92.8 Å². The van der Waals surface area contributed by atoms with Gasteiger partial charge >= 0.3 is 17.9 Å². The van der Waals surface area contributed by atoms with Gasteiger partial charge in [-0.1, -0.05) is 64.8 Å². The monoisotopic (exact) mass is 879 g/mol. The number of aliphatic hydroxyl groups is 5. The van der Waals surface area contributed by atoms with Crippen molar-refractivity contribution < 1.29 is 73.1 Å². The van der Waals surface area contributed by atoms with E-state index < -0.39 is 102 Å². The molecule has 0 radical (unpaired) electrons. The summed E-state index contributed by atoms with van der Waals surface area (Å²) in [5.74, 6) is -1.73. The molecule has 2 heterocycles. The zero-order chi connectivity index (χ0) is 45.9. The number of hydrogen-bond acceptors (Lipinski definition) is 15. The Hall–Kier alpha value is -2.47. The minimum atomic E-state index is -1.59. The lowest BCUT2D eigenvalue weighted by Gasteiger charge is -2.67. The third-order valence-electron chi connectivity index (χ3n) is 16.3. The quantitative estimate of drug-likeness (QED) is 0.105. The Morgan fingerprint density at radius 2 is 1.48 bits per heavy atom. The minimum Gasteiger partial charge on any atom is -0.463 e. The van der Waals surface area contributed by atoms with Crippen molar-refractivity contribution in [2.24, 2.45) is 45.3 Å². The van der Waals surface area contributed by atoms with Gasteiger partial charge in [-0.15, -0.1) is 0 Å². The second kappa shape index (κ2) is 18.4. The van der Waals surface area contributed by atoms with Gasteiger partial charge in [0, 0.05) is 32.1 Å². The molecule has 0 bridgehead atoms. The smallest absolute Gasteiger partial charge is 0.303 e. The van der Waals surface area contributed by atoms with Crippen LogP contribution in [0.1, 0.15) is 121 Å². The average molecular weight is 879 g/mol. The summed E-state index contributed by atoms with van der Waals surface area (Å²) in [5.41, 5.74) is 0.619. The van der Waals surface area contributed by atoms with E-state index in [9.17, 15) is 39.9 Å². The number of aliphatic hydroxyl groups excluding tert-OH is 5. The number of fused-ring (bicyclic) bond motifs is 5. The molecule has 5 fully saturated rings. The molecule has 62 heavy (non-hydrogen) atoms. The highest BCUT2D eigenvalue weighted by atomic mass is 16.7. The molecule has 2 saturated heterocycles. The van der Waals surface area contributed by atoms with E-state index in [1.807, 2.05) is 6.08 Å². The number of rotatable bonds is 12. The molecule has 6 aliphatic rings. The first kappa shape index (κ1) is 49.0. The molecule has 352 valence electrons. The molecule has 2 aliphatic heterocycles.